The summed E-state index contributed by atoms with van der Waals surface area (Å²) < 4.78 is 6.54. The van der Waals surface area contributed by atoms with E-state index in [0.717, 1.165) is 15.8 Å². The highest BCUT2D eigenvalue weighted by atomic mass is 79.9. The smallest absolute Gasteiger partial charge is 0.255 e. The van der Waals surface area contributed by atoms with Gasteiger partial charge in [-0.3, -0.25) is 9.78 Å². The Morgan fingerprint density at radius 2 is 2.05 bits per heavy atom. The fourth-order valence-electron chi connectivity index (χ4n) is 1.93. The maximum Gasteiger partial charge on any atom is 0.255 e. The topological polar surface area (TPSA) is 51.2 Å². The largest absolute Gasteiger partial charge is 0.488 e. The van der Waals surface area contributed by atoms with Crippen molar-refractivity contribution in [1.82, 2.24) is 4.98 Å². The third kappa shape index (κ3) is 2.72. The fourth-order valence-corrected chi connectivity index (χ4v) is 2.30. The Bertz CT molecular complexity index is 684. The number of benzene rings is 1. The van der Waals surface area contributed by atoms with Gasteiger partial charge in [-0.15, -0.1) is 0 Å². The van der Waals surface area contributed by atoms with Crippen molar-refractivity contribution in [3.8, 4) is 5.75 Å². The molecule has 1 N–H and O–H groups in total. The van der Waals surface area contributed by atoms with Crippen molar-refractivity contribution < 1.29 is 9.53 Å². The molecule has 0 bridgehead atoms. The van der Waals surface area contributed by atoms with Crippen molar-refractivity contribution in [2.24, 2.45) is 0 Å². The molecule has 2 heterocycles. The molecule has 0 fully saturated rings. The predicted molar refractivity (Wildman–Crippen MR) is 80.5 cm³/mol. The molecule has 0 saturated carbocycles. The average molecular weight is 331 g/mol. The number of fused-ring (bicyclic) bond motifs is 1. The van der Waals surface area contributed by atoms with Crippen LogP contribution in [-0.2, 0) is 4.79 Å². The molecule has 0 aliphatic carbocycles. The van der Waals surface area contributed by atoms with Gasteiger partial charge in [0, 0.05) is 28.1 Å². The molecule has 0 atom stereocenters. The highest BCUT2D eigenvalue weighted by molar-refractivity contribution is 9.10. The molecule has 1 aliphatic heterocycles. The summed E-state index contributed by atoms with van der Waals surface area (Å²) in [7, 11) is 0. The van der Waals surface area contributed by atoms with Gasteiger partial charge in [-0.2, -0.15) is 0 Å². The Hall–Kier alpha value is -2.14. The predicted octanol–water partition coefficient (Wildman–Crippen LogP) is 3.26. The molecule has 5 heteroatoms. The van der Waals surface area contributed by atoms with Gasteiger partial charge in [0.2, 0.25) is 0 Å². The van der Waals surface area contributed by atoms with Gasteiger partial charge in [0.1, 0.15) is 12.4 Å². The van der Waals surface area contributed by atoms with Crippen molar-refractivity contribution in [2.45, 2.75) is 0 Å². The van der Waals surface area contributed by atoms with E-state index in [2.05, 4.69) is 26.2 Å². The summed E-state index contributed by atoms with van der Waals surface area (Å²) >= 11 is 3.41. The summed E-state index contributed by atoms with van der Waals surface area (Å²) in [5.74, 6) is 0.621. The first-order chi connectivity index (χ1) is 9.72. The van der Waals surface area contributed by atoms with Gasteiger partial charge in [-0.1, -0.05) is 15.9 Å². The standard InChI is InChI=1S/C15H11BrN2O2/c16-12-1-2-14-10(8-12)7-11(9-20-14)15(19)18-13-3-5-17-6-4-13/h1-8H,9H2,(H,17,18,19). The number of nitrogens with zero attached hydrogens (tertiary/aromatic N) is 1. The molecule has 0 spiro atoms. The quantitative estimate of drug-likeness (QED) is 0.919. The Kier molecular flexibility index (Phi) is 3.52. The van der Waals surface area contributed by atoms with E-state index in [1.165, 1.54) is 0 Å². The lowest BCUT2D eigenvalue weighted by atomic mass is 10.1. The van der Waals surface area contributed by atoms with Gasteiger partial charge in [-0.25, -0.2) is 0 Å². The Labute approximate surface area is 124 Å². The van der Waals surface area contributed by atoms with E-state index >= 15 is 0 Å². The van der Waals surface area contributed by atoms with E-state index < -0.39 is 0 Å². The number of rotatable bonds is 2. The van der Waals surface area contributed by atoms with Gasteiger partial charge in [-0.05, 0) is 36.4 Å². The van der Waals surface area contributed by atoms with Crippen LogP contribution < -0.4 is 10.1 Å². The monoisotopic (exact) mass is 330 g/mol. The summed E-state index contributed by atoms with van der Waals surface area (Å²) in [6, 6.07) is 9.20. The second-order valence-electron chi connectivity index (χ2n) is 4.33. The van der Waals surface area contributed by atoms with Gasteiger partial charge >= 0.3 is 0 Å². The molecule has 0 radical (unpaired) electrons. The summed E-state index contributed by atoms with van der Waals surface area (Å²) in [4.78, 5) is 16.1. The maximum atomic E-state index is 12.2. The van der Waals surface area contributed by atoms with Crippen molar-refractivity contribution in [3.63, 3.8) is 0 Å². The molecule has 1 amide bonds. The second kappa shape index (κ2) is 5.46. The van der Waals surface area contributed by atoms with Gasteiger partial charge < -0.3 is 10.1 Å². The third-order valence-corrected chi connectivity index (χ3v) is 3.41. The second-order valence-corrected chi connectivity index (χ2v) is 5.25. The van der Waals surface area contributed by atoms with Gasteiger partial charge in [0.05, 0.1) is 5.57 Å². The molecule has 1 aromatic carbocycles. The minimum Gasteiger partial charge on any atom is -0.488 e. The van der Waals surface area contributed by atoms with Crippen LogP contribution in [0.1, 0.15) is 5.56 Å². The van der Waals surface area contributed by atoms with Crippen LogP contribution in [0, 0.1) is 0 Å². The van der Waals surface area contributed by atoms with Crippen LogP contribution in [0.4, 0.5) is 5.69 Å². The zero-order valence-corrected chi connectivity index (χ0v) is 12.1. The summed E-state index contributed by atoms with van der Waals surface area (Å²) in [6.45, 7) is 0.269. The third-order valence-electron chi connectivity index (χ3n) is 2.91. The van der Waals surface area contributed by atoms with Crippen molar-refractivity contribution in [1.29, 1.82) is 0 Å². The number of amides is 1. The number of hydrogen-bond donors (Lipinski definition) is 1. The molecule has 2 aromatic rings. The number of pyridine rings is 1. The first-order valence-electron chi connectivity index (χ1n) is 6.07. The Balaban J connectivity index is 1.83. The number of carbonyl (C=O) groups is 1. The molecule has 0 saturated heterocycles. The summed E-state index contributed by atoms with van der Waals surface area (Å²) in [5.41, 5.74) is 2.20. The minimum atomic E-state index is -0.165. The number of hydrogen-bond acceptors (Lipinski definition) is 3. The van der Waals surface area contributed by atoms with E-state index in [4.69, 9.17) is 4.74 Å². The first kappa shape index (κ1) is 12.9. The summed E-state index contributed by atoms with van der Waals surface area (Å²) in [5, 5.41) is 2.82. The molecular formula is C15H11BrN2O2. The van der Waals surface area contributed by atoms with Gasteiger partial charge in [0.25, 0.3) is 5.91 Å². The van der Waals surface area contributed by atoms with Crippen molar-refractivity contribution >= 4 is 33.6 Å². The van der Waals surface area contributed by atoms with E-state index in [9.17, 15) is 4.79 Å². The zero-order valence-electron chi connectivity index (χ0n) is 10.5. The van der Waals surface area contributed by atoms with E-state index in [-0.39, 0.29) is 12.5 Å². The molecule has 0 unspecified atom stereocenters. The number of anilines is 1. The average Bonchev–Trinajstić information content (AvgIpc) is 2.47. The van der Waals surface area contributed by atoms with E-state index in [1.54, 1.807) is 24.5 Å². The lowest BCUT2D eigenvalue weighted by molar-refractivity contribution is -0.113. The van der Waals surface area contributed by atoms with Crippen LogP contribution in [0.25, 0.3) is 6.08 Å². The normalized spacial score (nSPS) is 12.9. The van der Waals surface area contributed by atoms with Crippen LogP contribution in [0.3, 0.4) is 0 Å². The Morgan fingerprint density at radius 3 is 2.85 bits per heavy atom. The van der Waals surface area contributed by atoms with Crippen LogP contribution in [0.5, 0.6) is 5.75 Å². The van der Waals surface area contributed by atoms with Crippen LogP contribution in [0.15, 0.2) is 52.8 Å². The summed E-state index contributed by atoms with van der Waals surface area (Å²) in [6.07, 6.45) is 5.11. The number of nitrogens with one attached hydrogen (secondary N) is 1. The molecule has 4 nitrogen and oxygen atoms in total. The molecule has 20 heavy (non-hydrogen) atoms. The molecule has 100 valence electrons. The SMILES string of the molecule is O=C(Nc1ccncc1)C1=Cc2cc(Br)ccc2OC1. The fraction of sp³-hybridized carbons (Fsp3) is 0.0667. The lowest BCUT2D eigenvalue weighted by Gasteiger charge is -2.17. The number of carbonyl (C=O) groups excluding carboxylic acids is 1. The van der Waals surface area contributed by atoms with Crippen LogP contribution >= 0.6 is 15.9 Å². The minimum absolute atomic E-state index is 0.165. The van der Waals surface area contributed by atoms with E-state index in [0.29, 0.717) is 11.3 Å². The van der Waals surface area contributed by atoms with Crippen LogP contribution in [-0.4, -0.2) is 17.5 Å². The zero-order chi connectivity index (χ0) is 13.9. The molecule has 1 aromatic heterocycles. The highest BCUT2D eigenvalue weighted by Crippen LogP contribution is 2.29. The number of aromatic nitrogens is 1. The van der Waals surface area contributed by atoms with E-state index in [1.807, 2.05) is 24.3 Å². The van der Waals surface area contributed by atoms with Gasteiger partial charge in [0.15, 0.2) is 0 Å². The first-order valence-corrected chi connectivity index (χ1v) is 6.86. The van der Waals surface area contributed by atoms with Crippen molar-refractivity contribution in [3.05, 3.63) is 58.3 Å². The van der Waals surface area contributed by atoms with Crippen molar-refractivity contribution in [2.75, 3.05) is 11.9 Å². The highest BCUT2D eigenvalue weighted by Gasteiger charge is 2.17. The Morgan fingerprint density at radius 1 is 1.25 bits per heavy atom. The number of ether oxygens (including phenoxy) is 1. The van der Waals surface area contributed by atoms with Crippen LogP contribution in [0.2, 0.25) is 0 Å². The lowest BCUT2D eigenvalue weighted by Crippen LogP contribution is -2.21. The number of halogens is 1. The molecular weight excluding hydrogens is 320 g/mol. The molecule has 3 rings (SSSR count). The maximum absolute atomic E-state index is 12.2. The molecule has 1 aliphatic rings.